The predicted molar refractivity (Wildman–Crippen MR) is 189 cm³/mol. The smallest absolute Gasteiger partial charge is 0.0433 e. The van der Waals surface area contributed by atoms with Crippen LogP contribution in [0.25, 0.3) is 23.8 Å². The Morgan fingerprint density at radius 1 is 0.500 bits per heavy atom. The minimum Gasteiger partial charge on any atom is -0.363 e. The van der Waals surface area contributed by atoms with Gasteiger partial charge in [0.1, 0.15) is 0 Å². The van der Waals surface area contributed by atoms with E-state index < -0.39 is 0 Å². The fraction of sp³-hybridized carbons (Fsp3) is 0.0698. The summed E-state index contributed by atoms with van der Waals surface area (Å²) in [4.78, 5) is 2.45. The van der Waals surface area contributed by atoms with Crippen molar-refractivity contribution in [1.29, 1.82) is 0 Å². The zero-order chi connectivity index (χ0) is 30.0. The molecule has 0 unspecified atom stereocenters. The van der Waals surface area contributed by atoms with Gasteiger partial charge >= 0.3 is 0 Å². The van der Waals surface area contributed by atoms with Crippen LogP contribution in [0, 0.1) is 6.92 Å². The molecule has 1 heteroatoms. The van der Waals surface area contributed by atoms with Crippen LogP contribution in [0.2, 0.25) is 0 Å². The second-order valence-electron chi connectivity index (χ2n) is 11.2. The van der Waals surface area contributed by atoms with Gasteiger partial charge in [0.25, 0.3) is 0 Å². The van der Waals surface area contributed by atoms with E-state index in [0.29, 0.717) is 0 Å². The van der Waals surface area contributed by atoms with E-state index >= 15 is 0 Å². The molecule has 0 radical (unpaired) electrons. The monoisotopic (exact) mass is 567 g/mol. The fourth-order valence-electron chi connectivity index (χ4n) is 5.51. The first-order valence-corrected chi connectivity index (χ1v) is 15.3. The van der Waals surface area contributed by atoms with E-state index in [2.05, 4.69) is 194 Å². The summed E-state index contributed by atoms with van der Waals surface area (Å²) in [6, 6.07) is 58.2. The van der Waals surface area contributed by atoms with Crippen LogP contribution in [0.3, 0.4) is 0 Å². The largest absolute Gasteiger partial charge is 0.363 e. The van der Waals surface area contributed by atoms with E-state index in [1.165, 1.54) is 55.8 Å². The number of anilines is 1. The molecule has 6 aromatic carbocycles. The molecule has 214 valence electrons. The lowest BCUT2D eigenvalue weighted by Crippen LogP contribution is -2.22. The van der Waals surface area contributed by atoms with E-state index in [9.17, 15) is 0 Å². The zero-order valence-corrected chi connectivity index (χ0v) is 25.2. The Morgan fingerprint density at radius 2 is 0.977 bits per heavy atom. The third-order valence-corrected chi connectivity index (χ3v) is 7.92. The number of hydrogen-bond donors (Lipinski definition) is 0. The van der Waals surface area contributed by atoms with Crippen LogP contribution in [-0.2, 0) is 13.1 Å². The molecule has 44 heavy (non-hydrogen) atoms. The molecule has 0 amide bonds. The average Bonchev–Trinajstić information content (AvgIpc) is 3.08. The highest BCUT2D eigenvalue weighted by molar-refractivity contribution is 5.91. The van der Waals surface area contributed by atoms with Crippen LogP contribution < -0.4 is 4.90 Å². The summed E-state index contributed by atoms with van der Waals surface area (Å²) < 4.78 is 0. The molecular formula is C43H37N. The molecule has 0 atom stereocenters. The average molecular weight is 568 g/mol. The van der Waals surface area contributed by atoms with Crippen molar-refractivity contribution in [3.63, 3.8) is 0 Å². The lowest BCUT2D eigenvalue weighted by molar-refractivity contribution is 0.799. The summed E-state index contributed by atoms with van der Waals surface area (Å²) in [5, 5.41) is 0. The standard InChI is InChI=1S/C43H37N/c1-34-30-42(44(32-37-14-6-2-7-15-37)33-38-16-8-3-9-17-38)29-28-39(34)27-26-35-22-24-36(25-23-35)31-43(40-18-10-4-11-19-40)41-20-12-5-13-21-41/h2-31H,32-33H2,1H3/b27-26-. The molecule has 0 heterocycles. The van der Waals surface area contributed by atoms with Crippen molar-refractivity contribution in [2.75, 3.05) is 4.90 Å². The van der Waals surface area contributed by atoms with Gasteiger partial charge in [-0.3, -0.25) is 0 Å². The second kappa shape index (κ2) is 14.2. The highest BCUT2D eigenvalue weighted by Crippen LogP contribution is 2.27. The predicted octanol–water partition coefficient (Wildman–Crippen LogP) is 11.0. The number of nitrogens with zero attached hydrogens (tertiary/aromatic N) is 1. The quantitative estimate of drug-likeness (QED) is 0.149. The lowest BCUT2D eigenvalue weighted by Gasteiger charge is -2.26. The van der Waals surface area contributed by atoms with Gasteiger partial charge in [0, 0.05) is 18.8 Å². The maximum absolute atomic E-state index is 2.45. The van der Waals surface area contributed by atoms with Crippen molar-refractivity contribution in [2.24, 2.45) is 0 Å². The van der Waals surface area contributed by atoms with Gasteiger partial charge in [-0.05, 0) is 75.2 Å². The van der Waals surface area contributed by atoms with Crippen molar-refractivity contribution >= 4 is 29.5 Å². The first-order chi connectivity index (χ1) is 21.7. The van der Waals surface area contributed by atoms with Crippen LogP contribution in [0.15, 0.2) is 164 Å². The maximum atomic E-state index is 2.45. The third-order valence-electron chi connectivity index (χ3n) is 7.92. The van der Waals surface area contributed by atoms with Gasteiger partial charge in [-0.15, -0.1) is 0 Å². The molecule has 0 aliphatic rings. The Balaban J connectivity index is 1.20. The molecule has 0 spiro atoms. The van der Waals surface area contributed by atoms with Gasteiger partial charge in [-0.1, -0.05) is 164 Å². The molecule has 0 aliphatic carbocycles. The first-order valence-electron chi connectivity index (χ1n) is 15.3. The highest BCUT2D eigenvalue weighted by atomic mass is 15.1. The minimum absolute atomic E-state index is 0.863. The van der Waals surface area contributed by atoms with E-state index in [-0.39, 0.29) is 0 Å². The summed E-state index contributed by atoms with van der Waals surface area (Å²) in [6.45, 7) is 3.93. The molecule has 6 aromatic rings. The van der Waals surface area contributed by atoms with E-state index in [1.807, 2.05) is 0 Å². The van der Waals surface area contributed by atoms with Crippen LogP contribution in [0.4, 0.5) is 5.69 Å². The number of hydrogen-bond acceptors (Lipinski definition) is 1. The van der Waals surface area contributed by atoms with E-state index in [4.69, 9.17) is 0 Å². The SMILES string of the molecule is Cc1cc(N(Cc2ccccc2)Cc2ccccc2)ccc1/C=C\c1ccc(C=C(c2ccccc2)c2ccccc2)cc1. The van der Waals surface area contributed by atoms with E-state index in [0.717, 1.165) is 13.1 Å². The fourth-order valence-corrected chi connectivity index (χ4v) is 5.51. The molecule has 6 rings (SSSR count). The van der Waals surface area contributed by atoms with Crippen LogP contribution >= 0.6 is 0 Å². The van der Waals surface area contributed by atoms with Crippen LogP contribution in [-0.4, -0.2) is 0 Å². The molecule has 0 aromatic heterocycles. The Morgan fingerprint density at radius 3 is 1.48 bits per heavy atom. The van der Waals surface area contributed by atoms with Gasteiger partial charge in [0.05, 0.1) is 0 Å². The normalized spacial score (nSPS) is 10.9. The Hall–Kier alpha value is -5.40. The number of benzene rings is 6. The molecular weight excluding hydrogens is 530 g/mol. The van der Waals surface area contributed by atoms with Crippen LogP contribution in [0.1, 0.15) is 44.5 Å². The Labute approximate surface area is 262 Å². The summed E-state index contributed by atoms with van der Waals surface area (Å²) in [7, 11) is 0. The van der Waals surface area contributed by atoms with Gasteiger partial charge in [-0.2, -0.15) is 0 Å². The summed E-state index contributed by atoms with van der Waals surface area (Å²) in [6.07, 6.45) is 6.70. The summed E-state index contributed by atoms with van der Waals surface area (Å²) in [5.74, 6) is 0. The van der Waals surface area contributed by atoms with Gasteiger partial charge in [0.2, 0.25) is 0 Å². The lowest BCUT2D eigenvalue weighted by atomic mass is 9.95. The molecule has 0 saturated heterocycles. The Kier molecular flexibility index (Phi) is 9.25. The van der Waals surface area contributed by atoms with Crippen molar-refractivity contribution in [1.82, 2.24) is 0 Å². The summed E-state index contributed by atoms with van der Waals surface area (Å²) >= 11 is 0. The van der Waals surface area contributed by atoms with Crippen LogP contribution in [0.5, 0.6) is 0 Å². The molecule has 0 N–H and O–H groups in total. The molecule has 0 fully saturated rings. The van der Waals surface area contributed by atoms with Crippen molar-refractivity contribution in [2.45, 2.75) is 20.0 Å². The van der Waals surface area contributed by atoms with E-state index in [1.54, 1.807) is 0 Å². The highest BCUT2D eigenvalue weighted by Gasteiger charge is 2.10. The number of rotatable bonds is 10. The first kappa shape index (κ1) is 28.7. The van der Waals surface area contributed by atoms with Gasteiger partial charge in [0.15, 0.2) is 0 Å². The maximum Gasteiger partial charge on any atom is 0.0433 e. The van der Waals surface area contributed by atoms with Crippen molar-refractivity contribution < 1.29 is 0 Å². The summed E-state index contributed by atoms with van der Waals surface area (Å²) in [5.41, 5.74) is 12.4. The third kappa shape index (κ3) is 7.51. The Bertz CT molecular complexity index is 1740. The number of aryl methyl sites for hydroxylation is 1. The van der Waals surface area contributed by atoms with Crippen molar-refractivity contribution in [3.8, 4) is 0 Å². The topological polar surface area (TPSA) is 3.24 Å². The van der Waals surface area contributed by atoms with Crippen molar-refractivity contribution in [3.05, 3.63) is 208 Å². The van der Waals surface area contributed by atoms with Gasteiger partial charge in [-0.25, -0.2) is 0 Å². The molecule has 0 bridgehead atoms. The molecule has 0 saturated carbocycles. The molecule has 0 aliphatic heterocycles. The van der Waals surface area contributed by atoms with Gasteiger partial charge < -0.3 is 4.90 Å². The molecule has 1 nitrogen and oxygen atoms in total. The minimum atomic E-state index is 0.863. The zero-order valence-electron chi connectivity index (χ0n) is 25.2. The second-order valence-corrected chi connectivity index (χ2v) is 11.2.